The zero-order valence-corrected chi connectivity index (χ0v) is 40.6. The first kappa shape index (κ1) is 33.0. The van der Waals surface area contributed by atoms with Crippen molar-refractivity contribution in [2.24, 2.45) is 0 Å². The molecule has 0 radical (unpaired) electrons. The number of nitrogens with zero attached hydrogens (tertiary/aromatic N) is 3. The molecule has 4 nitrogen and oxygen atoms in total. The topological polar surface area (TPSA) is 50.9 Å². The van der Waals surface area contributed by atoms with Crippen LogP contribution in [-0.4, -0.2) is 19.6 Å². The van der Waals surface area contributed by atoms with E-state index < -0.39 is 60.6 Å². The van der Waals surface area contributed by atoms with Crippen LogP contribution in [0.15, 0.2) is 121 Å². The van der Waals surface area contributed by atoms with Crippen LogP contribution < -0.4 is 0 Å². The maximum absolute atomic E-state index is 12.1. The van der Waals surface area contributed by atoms with E-state index in [-0.39, 0.29) is 43.4 Å². The van der Waals surface area contributed by atoms with Crippen molar-refractivity contribution in [3.8, 4) is 67.5 Å². The first-order valence-electron chi connectivity index (χ1n) is 27.3. The van der Waals surface area contributed by atoms with Crippen molar-refractivity contribution >= 4 is 11.0 Å². The number of pyridine rings is 1. The molecule has 0 aliphatic carbocycles. The summed E-state index contributed by atoms with van der Waals surface area (Å²) in [5.74, 6) is -1.73. The molecule has 0 unspecified atom stereocenters. The number of aromatic hydroxyl groups is 1. The van der Waals surface area contributed by atoms with Gasteiger partial charge in [-0.05, 0) is 124 Å². The second kappa shape index (κ2) is 17.8. The summed E-state index contributed by atoms with van der Waals surface area (Å²) in [5.41, 5.74) is 7.76. The summed E-state index contributed by atoms with van der Waals surface area (Å²) >= 11 is 0. The van der Waals surface area contributed by atoms with Crippen molar-refractivity contribution in [3.63, 3.8) is 0 Å². The van der Waals surface area contributed by atoms with E-state index in [4.69, 9.17) is 26.4 Å². The average molecular weight is 1040 g/mol. The maximum Gasteiger partial charge on any atom is 0.148 e. The van der Waals surface area contributed by atoms with Crippen LogP contribution in [0.4, 0.5) is 0 Å². The Hall–Kier alpha value is -5.57. The molecule has 2 aromatic heterocycles. The molecule has 2 heterocycles. The van der Waals surface area contributed by atoms with Crippen molar-refractivity contribution in [1.82, 2.24) is 14.5 Å². The van der Waals surface area contributed by atoms with E-state index in [1.807, 2.05) is 73.7 Å². The van der Waals surface area contributed by atoms with E-state index in [2.05, 4.69) is 47.6 Å². The van der Waals surface area contributed by atoms with Gasteiger partial charge in [0.15, 0.2) is 0 Å². The van der Waals surface area contributed by atoms with E-state index in [9.17, 15) is 5.11 Å². The van der Waals surface area contributed by atoms with Crippen molar-refractivity contribution in [2.75, 3.05) is 0 Å². The van der Waals surface area contributed by atoms with Crippen LogP contribution >= 0.6 is 0 Å². The number of imidazole rings is 1. The molecule has 1 N–H and O–H groups in total. The van der Waals surface area contributed by atoms with Gasteiger partial charge in [0.1, 0.15) is 11.6 Å². The Bertz CT molecular complexity index is 3530. The van der Waals surface area contributed by atoms with Crippen LogP contribution in [-0.2, 0) is 31.9 Å². The Morgan fingerprint density at radius 2 is 1.33 bits per heavy atom. The quantitative estimate of drug-likeness (QED) is 0.154. The molecular weight excluding hydrogens is 962 g/mol. The molecule has 64 heavy (non-hydrogen) atoms. The third-order valence-corrected chi connectivity index (χ3v) is 11.7. The van der Waals surface area contributed by atoms with E-state index in [0.29, 0.717) is 83.9 Å². The average Bonchev–Trinajstić information content (AvgIpc) is 3.69. The van der Waals surface area contributed by atoms with Gasteiger partial charge in [-0.2, -0.15) is 0 Å². The summed E-state index contributed by atoms with van der Waals surface area (Å²) in [4.78, 5) is 10.1. The van der Waals surface area contributed by atoms with Gasteiger partial charge in [-0.3, -0.25) is 9.55 Å². The minimum absolute atomic E-state index is 0. The number of rotatable bonds is 8. The molecule has 5 heteroatoms. The predicted octanol–water partition coefficient (Wildman–Crippen LogP) is 16.0. The number of fused-ring (bicyclic) bond motifs is 1. The van der Waals surface area contributed by atoms with Gasteiger partial charge < -0.3 is 5.11 Å². The van der Waals surface area contributed by atoms with Crippen LogP contribution in [0.2, 0.25) is 0 Å². The Labute approximate surface area is 413 Å². The van der Waals surface area contributed by atoms with Crippen LogP contribution in [0, 0.1) is 26.7 Å². The Kier molecular flexibility index (Phi) is 9.16. The van der Waals surface area contributed by atoms with E-state index in [1.54, 1.807) is 56.5 Å². The number of aryl methyl sites for hydroxylation is 2. The molecule has 330 valence electrons. The Morgan fingerprint density at radius 3 is 1.97 bits per heavy atom. The standard InChI is InChI=1S/C59H62N3O.Pt/c1-35(2)43-27-44(36(3)4)29-45(28-43)41-21-22-53(38(6)25-41)62-54-16-14-15-50(55(54)61-57(62)51-34-48(58(8,9)10)26-39(7)56(51)63)46-30-47(32-49(31-46)59(11,12)13)52-33-42(23-24-60-52)40-19-17-37(5)18-20-40;/h14-29,31-36,63H,1-13H3;/q-1;/i5D3,6D3,17D,18D,19D,20D,35D,36D;. The minimum atomic E-state index is -2.86. The minimum Gasteiger partial charge on any atom is -0.507 e. The molecular formula is C59H62N3OPt-. The number of phenols is 1. The second-order valence-electron chi connectivity index (χ2n) is 19.0. The van der Waals surface area contributed by atoms with Gasteiger partial charge in [0.05, 0.1) is 27.8 Å². The maximum atomic E-state index is 12.1. The molecule has 0 spiro atoms. The van der Waals surface area contributed by atoms with Crippen LogP contribution in [0.5, 0.6) is 5.75 Å². The van der Waals surface area contributed by atoms with Gasteiger partial charge >= 0.3 is 0 Å². The third-order valence-electron chi connectivity index (χ3n) is 11.7. The van der Waals surface area contributed by atoms with E-state index >= 15 is 0 Å². The van der Waals surface area contributed by atoms with Gasteiger partial charge in [-0.25, -0.2) is 4.98 Å². The molecule has 0 saturated carbocycles. The van der Waals surface area contributed by atoms with Gasteiger partial charge in [0, 0.05) is 43.9 Å². The van der Waals surface area contributed by atoms with Crippen molar-refractivity contribution < 1.29 is 42.6 Å². The fraction of sp³-hybridized carbons (Fsp3) is 0.288. The molecule has 0 fully saturated rings. The number of phenolic OH excluding ortho intramolecular Hbond substituents is 1. The van der Waals surface area contributed by atoms with E-state index in [1.165, 1.54) is 6.20 Å². The summed E-state index contributed by atoms with van der Waals surface area (Å²) in [7, 11) is 0. The fourth-order valence-electron chi connectivity index (χ4n) is 7.88. The van der Waals surface area contributed by atoms with Crippen LogP contribution in [0.25, 0.3) is 72.7 Å². The Morgan fingerprint density at radius 1 is 0.672 bits per heavy atom. The molecule has 0 aliphatic rings. The molecule has 0 atom stereocenters. The van der Waals surface area contributed by atoms with Crippen molar-refractivity contribution in [1.29, 1.82) is 0 Å². The summed E-state index contributed by atoms with van der Waals surface area (Å²) < 4.78 is 105. The molecule has 0 amide bonds. The van der Waals surface area contributed by atoms with Gasteiger partial charge in [-0.1, -0.05) is 159 Å². The zero-order valence-electron chi connectivity index (χ0n) is 50.3. The molecule has 6 aromatic carbocycles. The fourth-order valence-corrected chi connectivity index (χ4v) is 7.88. The molecule has 8 aromatic rings. The number of aromatic nitrogens is 3. The number of hydrogen-bond donors (Lipinski definition) is 1. The second-order valence-corrected chi connectivity index (χ2v) is 19.0. The van der Waals surface area contributed by atoms with Crippen molar-refractivity contribution in [3.05, 3.63) is 166 Å². The summed E-state index contributed by atoms with van der Waals surface area (Å²) in [5, 5.41) is 12.1. The Balaban J connectivity index is 0.00000840. The van der Waals surface area contributed by atoms with E-state index in [0.717, 1.165) is 11.1 Å². The summed E-state index contributed by atoms with van der Waals surface area (Å²) in [6.07, 6.45) is 1.50. The largest absolute Gasteiger partial charge is 0.507 e. The SMILES string of the molecule is [2H]c1c([2H])c(C([2H])([2H])[2H])c([2H])c([2H])c1-c1ccnc(-c2[c-]c(-c3cccc4c3nc(-c3cc(C(C)(C)C)cc(C)c3O)n4-c3ccc(-c4cc(C([2H])(C)C)cc(C([2H])(C)C)c4)cc3C([2H])([2H])[2H])cc(C(C)(C)C)c2)c1.[Pt]. The zero-order chi connectivity index (χ0) is 55.4. The van der Waals surface area contributed by atoms with Crippen LogP contribution in [0.3, 0.4) is 0 Å². The third kappa shape index (κ3) is 9.18. The molecule has 0 aliphatic heterocycles. The molecule has 0 bridgehead atoms. The monoisotopic (exact) mass is 1040 g/mol. The normalized spacial score (nSPS) is 15.5. The number of para-hydroxylation sites is 1. The summed E-state index contributed by atoms with van der Waals surface area (Å²) in [6, 6.07) is 28.8. The first-order valence-corrected chi connectivity index (χ1v) is 21.3. The number of hydrogen-bond acceptors (Lipinski definition) is 3. The smallest absolute Gasteiger partial charge is 0.148 e. The molecule has 0 saturated heterocycles. The van der Waals surface area contributed by atoms with Gasteiger partial charge in [0.2, 0.25) is 0 Å². The van der Waals surface area contributed by atoms with Gasteiger partial charge in [-0.15, -0.1) is 29.3 Å². The van der Waals surface area contributed by atoms with Gasteiger partial charge in [0.25, 0.3) is 0 Å². The number of benzene rings is 6. The predicted molar refractivity (Wildman–Crippen MR) is 266 cm³/mol. The van der Waals surface area contributed by atoms with Crippen molar-refractivity contribution in [2.45, 2.75) is 112 Å². The first-order chi connectivity index (χ1) is 34.5. The summed E-state index contributed by atoms with van der Waals surface area (Å²) in [6.45, 7) is 15.8. The van der Waals surface area contributed by atoms with Crippen LogP contribution in [0.1, 0.15) is 136 Å². The molecule has 8 rings (SSSR count).